The first-order valence-electron chi connectivity index (χ1n) is 7.06. The second-order valence-electron chi connectivity index (χ2n) is 5.79. The first-order valence-corrected chi connectivity index (χ1v) is 7.06. The minimum absolute atomic E-state index is 0.153. The van der Waals surface area contributed by atoms with Crippen molar-refractivity contribution < 1.29 is 4.79 Å². The third kappa shape index (κ3) is 3.19. The fourth-order valence-corrected chi connectivity index (χ4v) is 2.44. The van der Waals surface area contributed by atoms with E-state index < -0.39 is 5.54 Å². The van der Waals surface area contributed by atoms with Gasteiger partial charge in [0.15, 0.2) is 0 Å². The Morgan fingerprint density at radius 2 is 1.90 bits per heavy atom. The number of benzene rings is 1. The molecule has 0 fully saturated rings. The molecule has 0 aromatic rings. The summed E-state index contributed by atoms with van der Waals surface area (Å²) in [5.41, 5.74) is 5.17. The average molecular weight is 272 g/mol. The molecule has 0 radical (unpaired) electrons. The fourth-order valence-electron chi connectivity index (χ4n) is 2.44. The van der Waals surface area contributed by atoms with Gasteiger partial charge in [0.1, 0.15) is 5.54 Å². The molecule has 2 unspecified atom stereocenters. The number of nitrogens with one attached hydrogen (secondary N) is 1. The molecule has 0 saturated carbocycles. The van der Waals surface area contributed by atoms with Gasteiger partial charge in [-0.15, -0.1) is 0 Å². The Morgan fingerprint density at radius 1 is 1.40 bits per heavy atom. The molecule has 3 heteroatoms. The van der Waals surface area contributed by atoms with Crippen LogP contribution in [0.25, 0.3) is 11.1 Å². The molecule has 0 aromatic heterocycles. The van der Waals surface area contributed by atoms with Gasteiger partial charge >= 0.3 is 0 Å². The van der Waals surface area contributed by atoms with E-state index in [-0.39, 0.29) is 11.8 Å². The highest BCUT2D eigenvalue weighted by Crippen LogP contribution is 2.39. The van der Waals surface area contributed by atoms with Crippen molar-refractivity contribution in [3.63, 3.8) is 0 Å². The zero-order valence-electron chi connectivity index (χ0n) is 13.3. The van der Waals surface area contributed by atoms with E-state index >= 15 is 0 Å². The third-order valence-electron chi connectivity index (χ3n) is 4.09. The molecule has 0 saturated heterocycles. The summed E-state index contributed by atoms with van der Waals surface area (Å²) >= 11 is 0. The van der Waals surface area contributed by atoms with Gasteiger partial charge in [-0.1, -0.05) is 32.4 Å². The van der Waals surface area contributed by atoms with Crippen LogP contribution in [0.5, 0.6) is 0 Å². The maximum absolute atomic E-state index is 10.8. The van der Waals surface area contributed by atoms with Crippen molar-refractivity contribution in [1.82, 2.24) is 5.32 Å². The monoisotopic (exact) mass is 272 g/mol. The van der Waals surface area contributed by atoms with Crippen LogP contribution in [0, 0.1) is 31.1 Å². The summed E-state index contributed by atoms with van der Waals surface area (Å²) in [6, 6.07) is 6.58. The molecule has 0 heterocycles. The number of nitriles is 1. The number of hydrogen-bond acceptors (Lipinski definition) is 2. The third-order valence-corrected chi connectivity index (χ3v) is 4.09. The van der Waals surface area contributed by atoms with E-state index in [1.54, 1.807) is 6.92 Å². The number of carbonyl (C=O) groups is 1. The van der Waals surface area contributed by atoms with Gasteiger partial charge in [0.25, 0.3) is 0 Å². The van der Waals surface area contributed by atoms with Crippen LogP contribution in [0.15, 0.2) is 12.1 Å². The largest absolute Gasteiger partial charge is 0.338 e. The van der Waals surface area contributed by atoms with Gasteiger partial charge in [-0.25, -0.2) is 0 Å². The van der Waals surface area contributed by atoms with Gasteiger partial charge in [-0.3, -0.25) is 4.79 Å². The quantitative estimate of drug-likeness (QED) is 0.925. The van der Waals surface area contributed by atoms with E-state index in [0.29, 0.717) is 0 Å². The molecule has 108 valence electrons. The summed E-state index contributed by atoms with van der Waals surface area (Å²) in [6.45, 7) is 11.5. The van der Waals surface area contributed by atoms with Crippen LogP contribution in [0.4, 0.5) is 0 Å². The fraction of sp³-hybridized carbons (Fsp3) is 0.529. The van der Waals surface area contributed by atoms with Crippen LogP contribution in [0.3, 0.4) is 0 Å². The lowest BCUT2D eigenvalue weighted by Crippen LogP contribution is -2.48. The minimum atomic E-state index is -0.722. The highest BCUT2D eigenvalue weighted by Gasteiger charge is 2.30. The van der Waals surface area contributed by atoms with E-state index in [2.05, 4.69) is 37.4 Å². The second kappa shape index (κ2) is 6.09. The molecule has 0 bridgehead atoms. The lowest BCUT2D eigenvalue weighted by molar-refractivity contribution is -0.120. The molecule has 20 heavy (non-hydrogen) atoms. The van der Waals surface area contributed by atoms with Gasteiger partial charge in [0, 0.05) is 6.92 Å². The van der Waals surface area contributed by atoms with E-state index in [1.807, 2.05) is 13.8 Å². The lowest BCUT2D eigenvalue weighted by Gasteiger charge is -2.28. The summed E-state index contributed by atoms with van der Waals surface area (Å²) in [5, 5.41) is 11.5. The topological polar surface area (TPSA) is 52.9 Å². The summed E-state index contributed by atoms with van der Waals surface area (Å²) in [7, 11) is 0. The zero-order chi connectivity index (χ0) is 15.5. The normalized spacial score (nSPS) is 15.1. The highest BCUT2D eigenvalue weighted by atomic mass is 16.1. The average Bonchev–Trinajstić information content (AvgIpc) is 2.35. The summed E-state index contributed by atoms with van der Waals surface area (Å²) in [4.78, 5) is 10.8. The van der Waals surface area contributed by atoms with Crippen LogP contribution in [0.2, 0.25) is 0 Å². The summed E-state index contributed by atoms with van der Waals surface area (Å²) in [5.74, 6) is 0.0192. The Balaban J connectivity index is 0.000000212. The molecule has 0 spiro atoms. The van der Waals surface area contributed by atoms with Crippen LogP contribution in [-0.2, 0) is 4.79 Å². The van der Waals surface area contributed by atoms with Crippen molar-refractivity contribution >= 4 is 5.91 Å². The predicted octanol–water partition coefficient (Wildman–Crippen LogP) is 3.73. The number of nitrogens with zero attached hydrogens (tertiary/aromatic N) is 1. The lowest BCUT2D eigenvalue weighted by atomic mass is 9.82. The highest BCUT2D eigenvalue weighted by molar-refractivity contribution is 5.84. The van der Waals surface area contributed by atoms with E-state index in [1.165, 1.54) is 29.2 Å². The molecule has 1 N–H and O–H groups in total. The molecule has 0 aromatic carbocycles. The standard InChI is InChI=1S/C9H16N2O.C8H8/c1-5-7(2)9(4,6-10)11-8(3)12;1-5-3-7-4-6(2)8(5)7/h7H,5H2,1-4H3,(H,11,12);3-4H,1-2H3. The van der Waals surface area contributed by atoms with Gasteiger partial charge in [0.05, 0.1) is 6.07 Å². The van der Waals surface area contributed by atoms with E-state index in [0.717, 1.165) is 6.42 Å². The van der Waals surface area contributed by atoms with Gasteiger partial charge < -0.3 is 5.32 Å². The minimum Gasteiger partial charge on any atom is -0.338 e. The number of rotatable bonds is 3. The molecular formula is C17H24N2O. The predicted molar refractivity (Wildman–Crippen MR) is 82.2 cm³/mol. The van der Waals surface area contributed by atoms with Crippen LogP contribution in [-0.4, -0.2) is 11.4 Å². The van der Waals surface area contributed by atoms with Crippen LogP contribution >= 0.6 is 0 Å². The van der Waals surface area contributed by atoms with Crippen LogP contribution < -0.4 is 5.32 Å². The number of aryl methyl sites for hydroxylation is 2. The molecule has 3 nitrogen and oxygen atoms in total. The van der Waals surface area contributed by atoms with E-state index in [4.69, 9.17) is 5.26 Å². The molecule has 2 rings (SSSR count). The number of hydrogen-bond donors (Lipinski definition) is 1. The summed E-state index contributed by atoms with van der Waals surface area (Å²) < 4.78 is 0. The second-order valence-corrected chi connectivity index (χ2v) is 5.79. The Morgan fingerprint density at radius 3 is 2.10 bits per heavy atom. The molecule has 1 amide bonds. The Kier molecular flexibility index (Phi) is 4.94. The number of amides is 1. The van der Waals surface area contributed by atoms with Gasteiger partial charge in [-0.2, -0.15) is 5.26 Å². The van der Waals surface area contributed by atoms with Crippen molar-refractivity contribution in [3.05, 3.63) is 23.3 Å². The van der Waals surface area contributed by atoms with Crippen molar-refractivity contribution in [3.8, 4) is 17.2 Å². The Bertz CT molecular complexity index is 534. The van der Waals surface area contributed by atoms with E-state index in [9.17, 15) is 4.79 Å². The smallest absolute Gasteiger partial charge is 0.218 e. The first-order chi connectivity index (χ1) is 9.25. The Labute approximate surface area is 122 Å². The molecule has 2 aliphatic rings. The van der Waals surface area contributed by atoms with Crippen molar-refractivity contribution in [2.24, 2.45) is 5.92 Å². The Hall–Kier alpha value is -1.82. The molecule has 2 aliphatic carbocycles. The van der Waals surface area contributed by atoms with Crippen molar-refractivity contribution in [1.29, 1.82) is 5.26 Å². The molecule has 2 atom stereocenters. The maximum Gasteiger partial charge on any atom is 0.218 e. The zero-order valence-corrected chi connectivity index (χ0v) is 13.3. The maximum atomic E-state index is 10.8. The summed E-state index contributed by atoms with van der Waals surface area (Å²) in [6.07, 6.45) is 0.879. The van der Waals surface area contributed by atoms with Crippen molar-refractivity contribution in [2.45, 2.75) is 53.5 Å². The van der Waals surface area contributed by atoms with Gasteiger partial charge in [-0.05, 0) is 48.9 Å². The first kappa shape index (κ1) is 16.2. The van der Waals surface area contributed by atoms with Crippen LogP contribution in [0.1, 0.15) is 45.2 Å². The van der Waals surface area contributed by atoms with Crippen molar-refractivity contribution in [2.75, 3.05) is 0 Å². The van der Waals surface area contributed by atoms with Gasteiger partial charge in [0.2, 0.25) is 5.91 Å². The molecular weight excluding hydrogens is 248 g/mol. The molecule has 0 aliphatic heterocycles. The number of fused-ring (bicyclic) bond motifs is 1. The number of carbonyl (C=O) groups excluding carboxylic acids is 1. The SMILES string of the molecule is CCC(C)C(C)(C#N)NC(C)=O.Cc1cc2cc(C)c1-2.